The Morgan fingerprint density at radius 3 is 2.53 bits per heavy atom. The molecule has 17 heavy (non-hydrogen) atoms. The van der Waals surface area contributed by atoms with Gasteiger partial charge in [-0.2, -0.15) is 0 Å². The predicted octanol–water partition coefficient (Wildman–Crippen LogP) is 1.10. The van der Waals surface area contributed by atoms with Gasteiger partial charge in [-0.3, -0.25) is 9.63 Å². The fourth-order valence-electron chi connectivity index (χ4n) is 1.63. The molecule has 0 unspecified atom stereocenters. The van der Waals surface area contributed by atoms with Crippen LogP contribution in [0, 0.1) is 13.8 Å². The summed E-state index contributed by atoms with van der Waals surface area (Å²) in [6.07, 6.45) is 0. The number of ether oxygens (including phenoxy) is 1. The summed E-state index contributed by atoms with van der Waals surface area (Å²) in [4.78, 5) is 30.6. The highest BCUT2D eigenvalue weighted by Crippen LogP contribution is 2.18. The highest BCUT2D eigenvalue weighted by molar-refractivity contribution is 6.00. The molecule has 0 atom stereocenters. The summed E-state index contributed by atoms with van der Waals surface area (Å²) in [5.74, 6) is -0.862. The lowest BCUT2D eigenvalue weighted by Gasteiger charge is -2.03. The van der Waals surface area contributed by atoms with Gasteiger partial charge >= 0.3 is 5.97 Å². The zero-order valence-electron chi connectivity index (χ0n) is 10.3. The van der Waals surface area contributed by atoms with Crippen LogP contribution in [-0.4, -0.2) is 30.6 Å². The molecule has 6 heteroatoms. The number of amides is 1. The molecule has 0 aromatic carbocycles. The Hall–Kier alpha value is -1.82. The third-order valence-electron chi connectivity index (χ3n) is 2.34. The van der Waals surface area contributed by atoms with E-state index in [0.717, 1.165) is 0 Å². The highest BCUT2D eigenvalue weighted by atomic mass is 16.6. The average molecular weight is 240 g/mol. The zero-order chi connectivity index (χ0) is 13.0. The van der Waals surface area contributed by atoms with Crippen LogP contribution in [0.1, 0.15) is 39.0 Å². The van der Waals surface area contributed by atoms with E-state index in [0.29, 0.717) is 29.1 Å². The smallest absolute Gasteiger partial charge is 0.340 e. The number of carbonyl (C=O) groups is 2. The van der Waals surface area contributed by atoms with Gasteiger partial charge < -0.3 is 9.72 Å². The SMILES string of the molecule is CCOC(=O)c1c(C)[nH]c(C(=O)NOC)c1C. The molecule has 0 radical (unpaired) electrons. The van der Waals surface area contributed by atoms with Crippen molar-refractivity contribution in [2.75, 3.05) is 13.7 Å². The molecule has 1 aromatic heterocycles. The average Bonchev–Trinajstić information content (AvgIpc) is 2.55. The Bertz CT molecular complexity index is 437. The maximum Gasteiger partial charge on any atom is 0.340 e. The number of aryl methyl sites for hydroxylation is 1. The molecule has 0 aliphatic heterocycles. The number of aromatic amines is 1. The largest absolute Gasteiger partial charge is 0.462 e. The van der Waals surface area contributed by atoms with Crippen molar-refractivity contribution in [3.05, 3.63) is 22.5 Å². The molecular weight excluding hydrogens is 224 g/mol. The number of hydrogen-bond donors (Lipinski definition) is 2. The Kier molecular flexibility index (Phi) is 4.28. The molecule has 1 rings (SSSR count). The van der Waals surface area contributed by atoms with Gasteiger partial charge in [0.1, 0.15) is 5.69 Å². The van der Waals surface area contributed by atoms with E-state index in [1.807, 2.05) is 0 Å². The predicted molar refractivity (Wildman–Crippen MR) is 60.7 cm³/mol. The highest BCUT2D eigenvalue weighted by Gasteiger charge is 2.22. The molecule has 0 fully saturated rings. The molecule has 0 saturated heterocycles. The molecule has 1 amide bonds. The van der Waals surface area contributed by atoms with E-state index in [4.69, 9.17) is 4.74 Å². The van der Waals surface area contributed by atoms with Crippen LogP contribution in [0.25, 0.3) is 0 Å². The Balaban J connectivity index is 3.09. The number of rotatable bonds is 4. The van der Waals surface area contributed by atoms with Crippen molar-refractivity contribution in [3.63, 3.8) is 0 Å². The van der Waals surface area contributed by atoms with Crippen LogP contribution < -0.4 is 5.48 Å². The fourth-order valence-corrected chi connectivity index (χ4v) is 1.63. The van der Waals surface area contributed by atoms with Gasteiger partial charge in [-0.15, -0.1) is 0 Å². The quantitative estimate of drug-likeness (QED) is 0.610. The normalized spacial score (nSPS) is 10.1. The minimum Gasteiger partial charge on any atom is -0.462 e. The van der Waals surface area contributed by atoms with E-state index in [-0.39, 0.29) is 0 Å². The molecule has 0 saturated carbocycles. The lowest BCUT2D eigenvalue weighted by Crippen LogP contribution is -2.23. The monoisotopic (exact) mass is 240 g/mol. The maximum absolute atomic E-state index is 11.7. The number of hydroxylamine groups is 1. The minimum absolute atomic E-state index is 0.294. The number of H-pyrrole nitrogens is 1. The Morgan fingerprint density at radius 1 is 1.35 bits per heavy atom. The first-order valence-corrected chi connectivity index (χ1v) is 5.22. The van der Waals surface area contributed by atoms with Crippen LogP contribution in [0.3, 0.4) is 0 Å². The first kappa shape index (κ1) is 13.2. The fraction of sp³-hybridized carbons (Fsp3) is 0.455. The molecule has 94 valence electrons. The van der Waals surface area contributed by atoms with E-state index in [1.54, 1.807) is 20.8 Å². The van der Waals surface area contributed by atoms with Crippen LogP contribution in [-0.2, 0) is 9.57 Å². The number of carbonyl (C=O) groups excluding carboxylic acids is 2. The topological polar surface area (TPSA) is 80.4 Å². The third kappa shape index (κ3) is 2.65. The second-order valence-corrected chi connectivity index (χ2v) is 3.48. The van der Waals surface area contributed by atoms with Crippen molar-refractivity contribution in [3.8, 4) is 0 Å². The second-order valence-electron chi connectivity index (χ2n) is 3.48. The van der Waals surface area contributed by atoms with E-state index in [2.05, 4.69) is 15.3 Å². The maximum atomic E-state index is 11.7. The molecule has 0 spiro atoms. The lowest BCUT2D eigenvalue weighted by molar-refractivity contribution is 0.0525. The molecular formula is C11H16N2O4. The van der Waals surface area contributed by atoms with E-state index in [9.17, 15) is 9.59 Å². The summed E-state index contributed by atoms with van der Waals surface area (Å²) in [7, 11) is 1.34. The Morgan fingerprint density at radius 2 is 2.00 bits per heavy atom. The lowest BCUT2D eigenvalue weighted by atomic mass is 10.1. The van der Waals surface area contributed by atoms with Gasteiger partial charge in [0.05, 0.1) is 19.3 Å². The van der Waals surface area contributed by atoms with Crippen LogP contribution >= 0.6 is 0 Å². The summed E-state index contributed by atoms with van der Waals surface area (Å²) in [6.45, 7) is 5.42. The van der Waals surface area contributed by atoms with E-state index in [1.165, 1.54) is 7.11 Å². The minimum atomic E-state index is -0.435. The van der Waals surface area contributed by atoms with Gasteiger partial charge in [0, 0.05) is 5.69 Å². The van der Waals surface area contributed by atoms with Crippen molar-refractivity contribution in [1.82, 2.24) is 10.5 Å². The molecule has 2 N–H and O–H groups in total. The van der Waals surface area contributed by atoms with Crippen molar-refractivity contribution >= 4 is 11.9 Å². The first-order chi connectivity index (χ1) is 8.02. The van der Waals surface area contributed by atoms with Gasteiger partial charge in [0.25, 0.3) is 5.91 Å². The number of esters is 1. The van der Waals surface area contributed by atoms with Crippen LogP contribution in [0.4, 0.5) is 0 Å². The molecule has 0 aliphatic rings. The summed E-state index contributed by atoms with van der Waals surface area (Å²) in [6, 6.07) is 0. The molecule has 0 aliphatic carbocycles. The third-order valence-corrected chi connectivity index (χ3v) is 2.34. The number of aromatic nitrogens is 1. The summed E-state index contributed by atoms with van der Waals surface area (Å²) in [5, 5.41) is 0. The second kappa shape index (κ2) is 5.49. The van der Waals surface area contributed by atoms with Crippen molar-refractivity contribution in [2.24, 2.45) is 0 Å². The van der Waals surface area contributed by atoms with E-state index >= 15 is 0 Å². The molecule has 1 heterocycles. The first-order valence-electron chi connectivity index (χ1n) is 5.22. The number of hydrogen-bond acceptors (Lipinski definition) is 4. The molecule has 6 nitrogen and oxygen atoms in total. The summed E-state index contributed by atoms with van der Waals surface area (Å²) < 4.78 is 4.92. The van der Waals surface area contributed by atoms with Crippen molar-refractivity contribution < 1.29 is 19.2 Å². The van der Waals surface area contributed by atoms with Gasteiger partial charge in [-0.1, -0.05) is 0 Å². The van der Waals surface area contributed by atoms with Crippen molar-refractivity contribution in [1.29, 1.82) is 0 Å². The molecule has 1 aromatic rings. The summed E-state index contributed by atoms with van der Waals surface area (Å²) >= 11 is 0. The molecule has 0 bridgehead atoms. The van der Waals surface area contributed by atoms with Crippen LogP contribution in [0.2, 0.25) is 0 Å². The van der Waals surface area contributed by atoms with Crippen LogP contribution in [0.5, 0.6) is 0 Å². The standard InChI is InChI=1S/C11H16N2O4/c1-5-17-11(15)8-6(2)9(12-7(8)3)10(14)13-16-4/h12H,5H2,1-4H3,(H,13,14). The van der Waals surface area contributed by atoms with Gasteiger partial charge in [-0.25, -0.2) is 10.3 Å². The van der Waals surface area contributed by atoms with Gasteiger partial charge in [0.2, 0.25) is 0 Å². The Labute approximate surface area is 99.2 Å². The van der Waals surface area contributed by atoms with Crippen molar-refractivity contribution in [2.45, 2.75) is 20.8 Å². The van der Waals surface area contributed by atoms with Gasteiger partial charge in [0.15, 0.2) is 0 Å². The van der Waals surface area contributed by atoms with E-state index < -0.39 is 11.9 Å². The number of nitrogens with one attached hydrogen (secondary N) is 2. The summed E-state index contributed by atoms with van der Waals surface area (Å²) in [5.41, 5.74) is 4.04. The van der Waals surface area contributed by atoms with Crippen LogP contribution in [0.15, 0.2) is 0 Å². The van der Waals surface area contributed by atoms with Gasteiger partial charge in [-0.05, 0) is 26.3 Å². The zero-order valence-corrected chi connectivity index (χ0v) is 10.3.